The highest BCUT2D eigenvalue weighted by Crippen LogP contribution is 2.29. The second kappa shape index (κ2) is 6.92. The van der Waals surface area contributed by atoms with Crippen LogP contribution in [0.1, 0.15) is 40.9 Å². The molecule has 1 aliphatic rings. The fourth-order valence-electron chi connectivity index (χ4n) is 2.91. The zero-order valence-electron chi connectivity index (χ0n) is 14.6. The molecule has 0 aliphatic carbocycles. The molecule has 1 aliphatic heterocycles. The summed E-state index contributed by atoms with van der Waals surface area (Å²) >= 11 is 0. The quantitative estimate of drug-likeness (QED) is 0.874. The number of hydrogen-bond acceptors (Lipinski definition) is 4. The van der Waals surface area contributed by atoms with Gasteiger partial charge in [0.1, 0.15) is 4.90 Å². The molecule has 1 heterocycles. The van der Waals surface area contributed by atoms with Gasteiger partial charge in [0.25, 0.3) is 15.9 Å². The van der Waals surface area contributed by atoms with Crippen LogP contribution in [-0.2, 0) is 14.8 Å². The summed E-state index contributed by atoms with van der Waals surface area (Å²) in [4.78, 5) is 24.5. The van der Waals surface area contributed by atoms with E-state index < -0.39 is 15.9 Å². The third-order valence-electron chi connectivity index (χ3n) is 4.41. The Morgan fingerprint density at radius 1 is 1.12 bits per heavy atom. The van der Waals surface area contributed by atoms with Crippen LogP contribution in [0.4, 0.5) is 0 Å². The van der Waals surface area contributed by atoms with Crippen molar-refractivity contribution < 1.29 is 18.0 Å². The van der Waals surface area contributed by atoms with Gasteiger partial charge in [-0.1, -0.05) is 42.0 Å². The van der Waals surface area contributed by atoms with E-state index in [0.717, 1.165) is 15.4 Å². The third-order valence-corrected chi connectivity index (χ3v) is 6.25. The second-order valence-electron chi connectivity index (χ2n) is 6.33. The molecular weight excluding hydrogens is 352 g/mol. The summed E-state index contributed by atoms with van der Waals surface area (Å²) in [6.07, 6.45) is -0.0881. The van der Waals surface area contributed by atoms with E-state index in [4.69, 9.17) is 0 Å². The summed E-state index contributed by atoms with van der Waals surface area (Å²) in [5.41, 5.74) is 2.24. The van der Waals surface area contributed by atoms with Gasteiger partial charge in [-0.15, -0.1) is 0 Å². The largest absolute Gasteiger partial charge is 0.350 e. The van der Waals surface area contributed by atoms with Crippen LogP contribution in [0.25, 0.3) is 0 Å². The van der Waals surface area contributed by atoms with Crippen molar-refractivity contribution in [2.45, 2.75) is 31.2 Å². The number of benzene rings is 2. The van der Waals surface area contributed by atoms with Gasteiger partial charge in [-0.05, 0) is 31.5 Å². The first-order valence-electron chi connectivity index (χ1n) is 8.33. The number of carbonyl (C=O) groups is 2. The number of amides is 2. The van der Waals surface area contributed by atoms with E-state index in [1.54, 1.807) is 12.1 Å². The van der Waals surface area contributed by atoms with E-state index in [-0.39, 0.29) is 35.4 Å². The number of hydrogen-bond donors (Lipinski definition) is 1. The van der Waals surface area contributed by atoms with Crippen molar-refractivity contribution in [2.24, 2.45) is 0 Å². The molecule has 0 saturated heterocycles. The molecule has 7 heteroatoms. The molecule has 0 unspecified atom stereocenters. The molecule has 2 aromatic rings. The van der Waals surface area contributed by atoms with Gasteiger partial charge in [-0.25, -0.2) is 12.7 Å². The second-order valence-corrected chi connectivity index (χ2v) is 8.16. The molecule has 0 radical (unpaired) electrons. The van der Waals surface area contributed by atoms with Crippen LogP contribution in [0, 0.1) is 6.92 Å². The van der Waals surface area contributed by atoms with Crippen molar-refractivity contribution >= 4 is 21.8 Å². The Bertz CT molecular complexity index is 952. The lowest BCUT2D eigenvalue weighted by Gasteiger charge is -2.17. The smallest absolute Gasteiger partial charge is 0.269 e. The maximum absolute atomic E-state index is 12.5. The van der Waals surface area contributed by atoms with Crippen molar-refractivity contribution in [1.29, 1.82) is 0 Å². The molecule has 3 rings (SSSR count). The molecule has 0 saturated carbocycles. The highest BCUT2D eigenvalue weighted by molar-refractivity contribution is 7.90. The number of nitrogens with zero attached hydrogens (tertiary/aromatic N) is 1. The fraction of sp³-hybridized carbons (Fsp3) is 0.263. The van der Waals surface area contributed by atoms with Gasteiger partial charge in [0.15, 0.2) is 0 Å². The minimum atomic E-state index is -3.87. The topological polar surface area (TPSA) is 83.6 Å². The molecule has 0 aromatic heterocycles. The van der Waals surface area contributed by atoms with Crippen molar-refractivity contribution in [3.05, 3.63) is 65.2 Å². The van der Waals surface area contributed by atoms with Gasteiger partial charge < -0.3 is 5.32 Å². The van der Waals surface area contributed by atoms with Crippen LogP contribution in [0.3, 0.4) is 0 Å². The predicted octanol–water partition coefficient (Wildman–Crippen LogP) is 2.41. The Labute approximate surface area is 152 Å². The molecule has 2 aromatic carbocycles. The molecule has 0 bridgehead atoms. The van der Waals surface area contributed by atoms with E-state index in [2.05, 4.69) is 5.32 Å². The van der Waals surface area contributed by atoms with Gasteiger partial charge in [0.05, 0.1) is 11.6 Å². The number of fused-ring (bicyclic) bond motifs is 1. The predicted molar refractivity (Wildman–Crippen MR) is 97.0 cm³/mol. The van der Waals surface area contributed by atoms with Gasteiger partial charge in [-0.3, -0.25) is 9.59 Å². The Kier molecular flexibility index (Phi) is 4.82. The fourth-order valence-corrected chi connectivity index (χ4v) is 4.48. The molecule has 2 amide bonds. The van der Waals surface area contributed by atoms with Gasteiger partial charge in [0, 0.05) is 13.0 Å². The average molecular weight is 372 g/mol. The van der Waals surface area contributed by atoms with Crippen LogP contribution in [0.5, 0.6) is 0 Å². The molecule has 6 nitrogen and oxygen atoms in total. The Morgan fingerprint density at radius 3 is 2.42 bits per heavy atom. The van der Waals surface area contributed by atoms with Crippen molar-refractivity contribution in [2.75, 3.05) is 6.54 Å². The zero-order chi connectivity index (χ0) is 18.9. The molecule has 1 N–H and O–H groups in total. The summed E-state index contributed by atoms with van der Waals surface area (Å²) in [6.45, 7) is 3.66. The maximum Gasteiger partial charge on any atom is 0.269 e. The van der Waals surface area contributed by atoms with E-state index in [1.807, 2.05) is 38.1 Å². The molecule has 136 valence electrons. The van der Waals surface area contributed by atoms with E-state index in [0.29, 0.717) is 0 Å². The number of carbonyl (C=O) groups excluding carboxylic acids is 2. The van der Waals surface area contributed by atoms with Crippen LogP contribution in [-0.4, -0.2) is 31.1 Å². The summed E-state index contributed by atoms with van der Waals surface area (Å²) in [5, 5.41) is 2.83. The lowest BCUT2D eigenvalue weighted by molar-refractivity contribution is -0.121. The van der Waals surface area contributed by atoms with Crippen LogP contribution in [0.2, 0.25) is 0 Å². The van der Waals surface area contributed by atoms with Crippen molar-refractivity contribution in [3.63, 3.8) is 0 Å². The van der Waals surface area contributed by atoms with Crippen LogP contribution in [0.15, 0.2) is 53.4 Å². The van der Waals surface area contributed by atoms with Gasteiger partial charge in [-0.2, -0.15) is 0 Å². The molecule has 1 atom stereocenters. The average Bonchev–Trinajstić information content (AvgIpc) is 2.80. The molecule has 0 fully saturated rings. The standard InChI is InChI=1S/C19H20N2O4S/c1-13-7-9-15(10-8-13)14(2)20-18(22)11-12-21-19(23)16-5-3-4-6-17(16)26(21,24)25/h3-10,14H,11-12H2,1-2H3,(H,20,22)/t14-/m1/s1. The Balaban J connectivity index is 1.63. The normalized spacial score (nSPS) is 16.2. The first-order valence-corrected chi connectivity index (χ1v) is 9.77. The number of nitrogens with one attached hydrogen (secondary N) is 1. The Hall–Kier alpha value is -2.67. The first-order chi connectivity index (χ1) is 12.3. The van der Waals surface area contributed by atoms with Crippen molar-refractivity contribution in [3.8, 4) is 0 Å². The summed E-state index contributed by atoms with van der Waals surface area (Å²) < 4.78 is 25.7. The van der Waals surface area contributed by atoms with E-state index in [1.165, 1.54) is 12.1 Å². The van der Waals surface area contributed by atoms with Gasteiger partial charge >= 0.3 is 0 Å². The monoisotopic (exact) mass is 372 g/mol. The highest BCUT2D eigenvalue weighted by Gasteiger charge is 2.40. The summed E-state index contributed by atoms with van der Waals surface area (Å²) in [6, 6.07) is 13.7. The molecule has 26 heavy (non-hydrogen) atoms. The lowest BCUT2D eigenvalue weighted by Crippen LogP contribution is -2.35. The highest BCUT2D eigenvalue weighted by atomic mass is 32.2. The van der Waals surface area contributed by atoms with Crippen LogP contribution < -0.4 is 5.32 Å². The third kappa shape index (κ3) is 3.35. The SMILES string of the molecule is Cc1ccc([C@@H](C)NC(=O)CCN2C(=O)c3ccccc3S2(=O)=O)cc1. The van der Waals surface area contributed by atoms with E-state index in [9.17, 15) is 18.0 Å². The number of rotatable bonds is 5. The Morgan fingerprint density at radius 2 is 1.77 bits per heavy atom. The number of aryl methyl sites for hydroxylation is 1. The molecular formula is C19H20N2O4S. The zero-order valence-corrected chi connectivity index (χ0v) is 15.4. The minimum Gasteiger partial charge on any atom is -0.350 e. The summed E-state index contributed by atoms with van der Waals surface area (Å²) in [5.74, 6) is -0.892. The summed E-state index contributed by atoms with van der Waals surface area (Å²) in [7, 11) is -3.87. The van der Waals surface area contributed by atoms with Crippen molar-refractivity contribution in [1.82, 2.24) is 9.62 Å². The number of sulfonamides is 1. The van der Waals surface area contributed by atoms with Gasteiger partial charge in [0.2, 0.25) is 5.91 Å². The minimum absolute atomic E-state index is 0.00145. The van der Waals surface area contributed by atoms with Crippen LogP contribution >= 0.6 is 0 Å². The molecule has 0 spiro atoms. The maximum atomic E-state index is 12.5. The lowest BCUT2D eigenvalue weighted by atomic mass is 10.1. The van der Waals surface area contributed by atoms with E-state index >= 15 is 0 Å². The first kappa shape index (κ1) is 18.1.